The summed E-state index contributed by atoms with van der Waals surface area (Å²) >= 11 is 0. The van der Waals surface area contributed by atoms with Crippen molar-refractivity contribution in [3.8, 4) is 5.75 Å². The Morgan fingerprint density at radius 2 is 1.90 bits per heavy atom. The van der Waals surface area contributed by atoms with Crippen molar-refractivity contribution >= 4 is 6.03 Å². The first kappa shape index (κ1) is 17.3. The normalized spacial score (nSPS) is 13.6. The minimum atomic E-state index is -0.284. The second-order valence-corrected chi connectivity index (χ2v) is 5.63. The van der Waals surface area contributed by atoms with Crippen LogP contribution in [0.1, 0.15) is 38.8 Å². The van der Waals surface area contributed by atoms with Crippen molar-refractivity contribution in [1.82, 2.24) is 10.6 Å². The summed E-state index contributed by atoms with van der Waals surface area (Å²) in [6, 6.07) is 6.99. The van der Waals surface area contributed by atoms with Crippen molar-refractivity contribution in [2.45, 2.75) is 39.3 Å². The lowest BCUT2D eigenvalue weighted by Crippen LogP contribution is -2.44. The van der Waals surface area contributed by atoms with Gasteiger partial charge in [-0.15, -0.1) is 0 Å². The molecule has 0 bridgehead atoms. The second-order valence-electron chi connectivity index (χ2n) is 5.63. The molecule has 2 amide bonds. The number of amides is 2. The Balaban J connectivity index is 2.87. The van der Waals surface area contributed by atoms with Gasteiger partial charge >= 0.3 is 6.03 Å². The summed E-state index contributed by atoms with van der Waals surface area (Å²) in [4.78, 5) is 12.0. The van der Waals surface area contributed by atoms with Crippen LogP contribution >= 0.6 is 0 Å². The quantitative estimate of drug-likeness (QED) is 0.723. The zero-order valence-corrected chi connectivity index (χ0v) is 13.2. The molecule has 5 heteroatoms. The molecular weight excluding hydrogens is 268 g/mol. The standard InChI is InChI=1S/C16H26N2O3/c1-11(2)9-14(18-16(20)17-12(3)10-19)13-7-5-6-8-15(13)21-4/h5-8,11-12,14,19H,9-10H2,1-4H3,(H2,17,18,20). The number of nitrogens with one attached hydrogen (secondary N) is 2. The van der Waals surface area contributed by atoms with Crippen LogP contribution < -0.4 is 15.4 Å². The van der Waals surface area contributed by atoms with Gasteiger partial charge in [-0.3, -0.25) is 0 Å². The Morgan fingerprint density at radius 1 is 1.24 bits per heavy atom. The van der Waals surface area contributed by atoms with E-state index in [9.17, 15) is 4.79 Å². The molecule has 3 N–H and O–H groups in total. The van der Waals surface area contributed by atoms with E-state index in [0.717, 1.165) is 17.7 Å². The first-order chi connectivity index (χ1) is 9.97. The molecule has 0 saturated carbocycles. The zero-order valence-electron chi connectivity index (χ0n) is 13.2. The van der Waals surface area contributed by atoms with Crippen LogP contribution in [0.4, 0.5) is 4.79 Å². The van der Waals surface area contributed by atoms with Crippen molar-refractivity contribution in [2.75, 3.05) is 13.7 Å². The number of carbonyl (C=O) groups excluding carboxylic acids is 1. The van der Waals surface area contributed by atoms with Crippen LogP contribution in [0.2, 0.25) is 0 Å². The molecule has 2 unspecified atom stereocenters. The maximum absolute atomic E-state index is 12.0. The van der Waals surface area contributed by atoms with Gasteiger partial charge in [-0.1, -0.05) is 32.0 Å². The molecule has 0 saturated heterocycles. The van der Waals surface area contributed by atoms with Crippen LogP contribution in [0.5, 0.6) is 5.75 Å². The number of aliphatic hydroxyl groups is 1. The molecule has 0 heterocycles. The van der Waals surface area contributed by atoms with E-state index in [1.165, 1.54) is 0 Å². The van der Waals surface area contributed by atoms with E-state index >= 15 is 0 Å². The molecule has 0 spiro atoms. The summed E-state index contributed by atoms with van der Waals surface area (Å²) in [5, 5.41) is 14.7. The van der Waals surface area contributed by atoms with Gasteiger partial charge in [0.15, 0.2) is 0 Å². The largest absolute Gasteiger partial charge is 0.496 e. The van der Waals surface area contributed by atoms with Gasteiger partial charge < -0.3 is 20.5 Å². The lowest BCUT2D eigenvalue weighted by molar-refractivity contribution is 0.216. The number of methoxy groups -OCH3 is 1. The van der Waals surface area contributed by atoms with Crippen LogP contribution in [0.15, 0.2) is 24.3 Å². The van der Waals surface area contributed by atoms with Crippen molar-refractivity contribution in [1.29, 1.82) is 0 Å². The molecule has 1 aromatic carbocycles. The number of aliphatic hydroxyl groups excluding tert-OH is 1. The summed E-state index contributed by atoms with van der Waals surface area (Å²) < 4.78 is 5.38. The van der Waals surface area contributed by atoms with Crippen molar-refractivity contribution < 1.29 is 14.6 Å². The molecular formula is C16H26N2O3. The van der Waals surface area contributed by atoms with Gasteiger partial charge in [0, 0.05) is 5.56 Å². The first-order valence-electron chi connectivity index (χ1n) is 7.28. The number of carbonyl (C=O) groups is 1. The average molecular weight is 294 g/mol. The predicted octanol–water partition coefficient (Wildman–Crippen LogP) is 2.46. The van der Waals surface area contributed by atoms with Crippen LogP contribution in [0, 0.1) is 5.92 Å². The van der Waals surface area contributed by atoms with Gasteiger partial charge in [-0.2, -0.15) is 0 Å². The van der Waals surface area contributed by atoms with Gasteiger partial charge in [0.2, 0.25) is 0 Å². The highest BCUT2D eigenvalue weighted by Crippen LogP contribution is 2.29. The Bertz CT molecular complexity index is 449. The minimum absolute atomic E-state index is 0.0864. The maximum Gasteiger partial charge on any atom is 0.315 e. The summed E-state index contributed by atoms with van der Waals surface area (Å²) in [5.74, 6) is 1.19. The number of ether oxygens (including phenoxy) is 1. The molecule has 0 aromatic heterocycles. The number of para-hydroxylation sites is 1. The Labute approximate surface area is 126 Å². The van der Waals surface area contributed by atoms with E-state index in [2.05, 4.69) is 24.5 Å². The lowest BCUT2D eigenvalue weighted by atomic mass is 9.96. The highest BCUT2D eigenvalue weighted by molar-refractivity contribution is 5.74. The summed E-state index contributed by atoms with van der Waals surface area (Å²) in [6.45, 7) is 5.88. The van der Waals surface area contributed by atoms with Crippen molar-refractivity contribution in [3.63, 3.8) is 0 Å². The highest BCUT2D eigenvalue weighted by atomic mass is 16.5. The third kappa shape index (κ3) is 5.63. The van der Waals surface area contributed by atoms with Gasteiger partial charge in [0.1, 0.15) is 5.75 Å². The third-order valence-corrected chi connectivity index (χ3v) is 3.18. The molecule has 0 fully saturated rings. The maximum atomic E-state index is 12.0. The van der Waals surface area contributed by atoms with E-state index in [0.29, 0.717) is 5.92 Å². The number of hydrogen-bond donors (Lipinski definition) is 3. The summed E-state index contributed by atoms with van der Waals surface area (Å²) in [5.41, 5.74) is 0.959. The van der Waals surface area contributed by atoms with E-state index in [1.54, 1.807) is 14.0 Å². The minimum Gasteiger partial charge on any atom is -0.496 e. The molecule has 118 valence electrons. The predicted molar refractivity (Wildman–Crippen MR) is 83.4 cm³/mol. The smallest absolute Gasteiger partial charge is 0.315 e. The molecule has 1 aromatic rings. The SMILES string of the molecule is COc1ccccc1C(CC(C)C)NC(=O)NC(C)CO. The number of benzene rings is 1. The highest BCUT2D eigenvalue weighted by Gasteiger charge is 2.20. The second kappa shape index (κ2) is 8.52. The zero-order chi connectivity index (χ0) is 15.8. The van der Waals surface area contributed by atoms with Crippen molar-refractivity contribution in [2.24, 2.45) is 5.92 Å². The van der Waals surface area contributed by atoms with Crippen LogP contribution in [0.25, 0.3) is 0 Å². The molecule has 0 aliphatic heterocycles. The van der Waals surface area contributed by atoms with Crippen LogP contribution in [0.3, 0.4) is 0 Å². The van der Waals surface area contributed by atoms with Gasteiger partial charge in [-0.25, -0.2) is 4.79 Å². The van der Waals surface area contributed by atoms with Gasteiger partial charge in [-0.05, 0) is 25.3 Å². The molecule has 21 heavy (non-hydrogen) atoms. The lowest BCUT2D eigenvalue weighted by Gasteiger charge is -2.24. The van der Waals surface area contributed by atoms with E-state index in [1.807, 2.05) is 24.3 Å². The fourth-order valence-electron chi connectivity index (χ4n) is 2.16. The molecule has 5 nitrogen and oxygen atoms in total. The monoisotopic (exact) mass is 294 g/mol. The molecule has 1 rings (SSSR count). The Hall–Kier alpha value is -1.75. The molecule has 0 aliphatic carbocycles. The number of urea groups is 1. The third-order valence-electron chi connectivity index (χ3n) is 3.18. The van der Waals surface area contributed by atoms with Crippen LogP contribution in [-0.4, -0.2) is 30.9 Å². The summed E-state index contributed by atoms with van der Waals surface area (Å²) in [7, 11) is 1.62. The van der Waals surface area contributed by atoms with Gasteiger partial charge in [0.25, 0.3) is 0 Å². The van der Waals surface area contributed by atoms with E-state index in [4.69, 9.17) is 9.84 Å². The average Bonchev–Trinajstić information content (AvgIpc) is 2.45. The fourth-order valence-corrected chi connectivity index (χ4v) is 2.16. The summed E-state index contributed by atoms with van der Waals surface area (Å²) in [6.07, 6.45) is 0.807. The molecule has 0 aliphatic rings. The van der Waals surface area contributed by atoms with E-state index in [-0.39, 0.29) is 24.7 Å². The fraction of sp³-hybridized carbons (Fsp3) is 0.562. The Morgan fingerprint density at radius 3 is 2.48 bits per heavy atom. The topological polar surface area (TPSA) is 70.6 Å². The number of rotatable bonds is 7. The van der Waals surface area contributed by atoms with Crippen molar-refractivity contribution in [3.05, 3.63) is 29.8 Å². The molecule has 0 radical (unpaired) electrons. The first-order valence-corrected chi connectivity index (χ1v) is 7.28. The van der Waals surface area contributed by atoms with Gasteiger partial charge in [0.05, 0.1) is 25.8 Å². The van der Waals surface area contributed by atoms with E-state index < -0.39 is 0 Å². The number of hydrogen-bond acceptors (Lipinski definition) is 3. The van der Waals surface area contributed by atoms with Crippen LogP contribution in [-0.2, 0) is 0 Å². The Kier molecular flexibility index (Phi) is 7.02. The molecule has 2 atom stereocenters.